The number of rotatable bonds is 4. The van der Waals surface area contributed by atoms with E-state index in [-0.39, 0.29) is 11.9 Å². The fraction of sp³-hybridized carbons (Fsp3) is 0.600. The van der Waals surface area contributed by atoms with Crippen LogP contribution in [0.4, 0.5) is 0 Å². The molecule has 0 aliphatic carbocycles. The third-order valence-electron chi connectivity index (χ3n) is 3.78. The van der Waals surface area contributed by atoms with Crippen molar-refractivity contribution in [3.63, 3.8) is 0 Å². The Labute approximate surface area is 129 Å². The Hall–Kier alpha value is -1.49. The number of nitrogens with zero attached hydrogens (tertiary/aromatic N) is 2. The highest BCUT2D eigenvalue weighted by molar-refractivity contribution is 6.31. The number of ether oxygens (including phenoxy) is 1. The molecule has 6 heteroatoms. The number of halogens is 1. The van der Waals surface area contributed by atoms with E-state index in [0.29, 0.717) is 23.7 Å². The van der Waals surface area contributed by atoms with E-state index in [1.165, 1.54) is 7.11 Å². The summed E-state index contributed by atoms with van der Waals surface area (Å²) in [5, 5.41) is 0.540. The van der Waals surface area contributed by atoms with Crippen molar-refractivity contribution in [3.8, 4) is 0 Å². The summed E-state index contributed by atoms with van der Waals surface area (Å²) in [4.78, 5) is 26.3. The molecule has 1 aromatic rings. The quantitative estimate of drug-likeness (QED) is 0.803. The maximum absolute atomic E-state index is 12.8. The summed E-state index contributed by atoms with van der Waals surface area (Å²) in [5.41, 5.74) is 0.539. The summed E-state index contributed by atoms with van der Waals surface area (Å²) in [6.45, 7) is 3.35. The minimum absolute atomic E-state index is 0.148. The first-order valence-electron chi connectivity index (χ1n) is 7.33. The van der Waals surface area contributed by atoms with E-state index in [2.05, 4.69) is 0 Å². The highest BCUT2D eigenvalue weighted by atomic mass is 35.5. The lowest BCUT2D eigenvalue weighted by Gasteiger charge is -2.33. The van der Waals surface area contributed by atoms with E-state index in [0.717, 1.165) is 25.8 Å². The number of hydrogen-bond acceptors (Lipinski definition) is 3. The molecule has 0 unspecified atom stereocenters. The highest BCUT2D eigenvalue weighted by Gasteiger charge is 2.34. The molecule has 1 amide bonds. The normalized spacial score (nSPS) is 18.6. The summed E-state index contributed by atoms with van der Waals surface area (Å²) in [6, 6.07) is 1.18. The number of piperidine rings is 1. The van der Waals surface area contributed by atoms with Gasteiger partial charge in [-0.2, -0.15) is 0 Å². The van der Waals surface area contributed by atoms with Crippen LogP contribution in [-0.4, -0.2) is 41.0 Å². The molecule has 0 bridgehead atoms. The maximum atomic E-state index is 12.8. The van der Waals surface area contributed by atoms with Crippen molar-refractivity contribution in [2.24, 2.45) is 0 Å². The zero-order chi connectivity index (χ0) is 15.4. The van der Waals surface area contributed by atoms with Crippen molar-refractivity contribution in [2.75, 3.05) is 13.7 Å². The van der Waals surface area contributed by atoms with Crippen molar-refractivity contribution >= 4 is 23.5 Å². The van der Waals surface area contributed by atoms with Crippen LogP contribution in [0.25, 0.3) is 0 Å². The average molecular weight is 313 g/mol. The van der Waals surface area contributed by atoms with Crippen molar-refractivity contribution in [2.45, 2.75) is 45.2 Å². The van der Waals surface area contributed by atoms with Crippen LogP contribution in [0.5, 0.6) is 0 Å². The number of amides is 1. The third-order valence-corrected chi connectivity index (χ3v) is 3.99. The van der Waals surface area contributed by atoms with Gasteiger partial charge in [-0.05, 0) is 31.7 Å². The number of carbonyl (C=O) groups excluding carboxylic acids is 2. The molecular formula is C15H21ClN2O3. The fourth-order valence-electron chi connectivity index (χ4n) is 2.78. The Morgan fingerprint density at radius 2 is 2.19 bits per heavy atom. The van der Waals surface area contributed by atoms with Gasteiger partial charge >= 0.3 is 5.97 Å². The summed E-state index contributed by atoms with van der Waals surface area (Å²) in [5.74, 6) is -0.492. The van der Waals surface area contributed by atoms with Gasteiger partial charge in [0.05, 0.1) is 12.1 Å². The number of esters is 1. The predicted molar refractivity (Wildman–Crippen MR) is 80.4 cm³/mol. The molecule has 0 spiro atoms. The fourth-order valence-corrected chi connectivity index (χ4v) is 3.00. The Morgan fingerprint density at radius 3 is 2.86 bits per heavy atom. The number of hydrogen-bond donors (Lipinski definition) is 0. The topological polar surface area (TPSA) is 51.5 Å². The first kappa shape index (κ1) is 15.9. The lowest BCUT2D eigenvalue weighted by molar-refractivity contribution is -0.147. The van der Waals surface area contributed by atoms with Gasteiger partial charge in [-0.25, -0.2) is 4.79 Å². The van der Waals surface area contributed by atoms with E-state index in [1.54, 1.807) is 17.2 Å². The van der Waals surface area contributed by atoms with Crippen LogP contribution in [0, 0.1) is 0 Å². The van der Waals surface area contributed by atoms with E-state index < -0.39 is 6.04 Å². The lowest BCUT2D eigenvalue weighted by atomic mass is 10.0. The first-order chi connectivity index (χ1) is 10.1. The molecule has 2 rings (SSSR count). The minimum Gasteiger partial charge on any atom is -0.467 e. The van der Waals surface area contributed by atoms with Gasteiger partial charge in [0.1, 0.15) is 11.7 Å². The molecule has 0 saturated carbocycles. The van der Waals surface area contributed by atoms with Crippen molar-refractivity contribution < 1.29 is 14.3 Å². The second-order valence-corrected chi connectivity index (χ2v) is 5.71. The summed E-state index contributed by atoms with van der Waals surface area (Å²) < 4.78 is 6.68. The molecule has 21 heavy (non-hydrogen) atoms. The van der Waals surface area contributed by atoms with Gasteiger partial charge in [-0.1, -0.05) is 18.5 Å². The molecule has 1 saturated heterocycles. The average Bonchev–Trinajstić information content (AvgIpc) is 2.87. The second-order valence-electron chi connectivity index (χ2n) is 5.27. The van der Waals surface area contributed by atoms with Gasteiger partial charge in [0, 0.05) is 19.3 Å². The van der Waals surface area contributed by atoms with Crippen LogP contribution >= 0.6 is 11.6 Å². The van der Waals surface area contributed by atoms with Crippen molar-refractivity contribution in [3.05, 3.63) is 23.0 Å². The number of likely N-dealkylation sites (tertiary alicyclic amines) is 1. The molecule has 0 radical (unpaired) electrons. The monoisotopic (exact) mass is 312 g/mol. The molecule has 1 aromatic heterocycles. The van der Waals surface area contributed by atoms with Gasteiger partial charge in [0.15, 0.2) is 0 Å². The highest BCUT2D eigenvalue weighted by Crippen LogP contribution is 2.23. The molecule has 5 nitrogen and oxygen atoms in total. The van der Waals surface area contributed by atoms with Gasteiger partial charge < -0.3 is 14.2 Å². The van der Waals surface area contributed by atoms with Gasteiger partial charge in [0.25, 0.3) is 5.91 Å². The minimum atomic E-state index is -0.486. The maximum Gasteiger partial charge on any atom is 0.328 e. The van der Waals surface area contributed by atoms with Gasteiger partial charge in [-0.15, -0.1) is 0 Å². The van der Waals surface area contributed by atoms with Crippen molar-refractivity contribution in [1.82, 2.24) is 9.47 Å². The largest absolute Gasteiger partial charge is 0.467 e. The number of aromatic nitrogens is 1. The molecule has 2 heterocycles. The number of aryl methyl sites for hydroxylation is 1. The standard InChI is InChI=1S/C15H21ClN2O3/c1-3-7-17-10-11(16)9-13(17)14(19)18-8-5-4-6-12(18)15(20)21-2/h9-10,12H,3-8H2,1-2H3/t12-/m1/s1. The lowest BCUT2D eigenvalue weighted by Crippen LogP contribution is -2.48. The van der Waals surface area contributed by atoms with E-state index >= 15 is 0 Å². The molecule has 0 aromatic carbocycles. The summed E-state index contributed by atoms with van der Waals surface area (Å²) in [6.07, 6.45) is 5.16. The Morgan fingerprint density at radius 1 is 1.43 bits per heavy atom. The Kier molecular flexibility index (Phi) is 5.28. The van der Waals surface area contributed by atoms with Crippen LogP contribution in [0.15, 0.2) is 12.3 Å². The first-order valence-corrected chi connectivity index (χ1v) is 7.70. The van der Waals surface area contributed by atoms with Crippen LogP contribution in [0.1, 0.15) is 43.1 Å². The zero-order valence-corrected chi connectivity index (χ0v) is 13.2. The molecule has 0 N–H and O–H groups in total. The summed E-state index contributed by atoms with van der Waals surface area (Å²) >= 11 is 6.03. The van der Waals surface area contributed by atoms with Crippen LogP contribution < -0.4 is 0 Å². The van der Waals surface area contributed by atoms with Crippen LogP contribution in [0.3, 0.4) is 0 Å². The SMILES string of the molecule is CCCn1cc(Cl)cc1C(=O)N1CCCC[C@@H]1C(=O)OC. The number of methoxy groups -OCH3 is 1. The molecule has 1 aliphatic heterocycles. The molecule has 116 valence electrons. The van der Waals surface area contributed by atoms with Gasteiger partial charge in [-0.3, -0.25) is 4.79 Å². The summed E-state index contributed by atoms with van der Waals surface area (Å²) in [7, 11) is 1.36. The molecule has 1 fully saturated rings. The van der Waals surface area contributed by atoms with Crippen LogP contribution in [0.2, 0.25) is 5.02 Å². The molecular weight excluding hydrogens is 292 g/mol. The van der Waals surface area contributed by atoms with Gasteiger partial charge in [0.2, 0.25) is 0 Å². The molecule has 1 atom stereocenters. The molecule has 1 aliphatic rings. The Bertz CT molecular complexity index is 527. The second kappa shape index (κ2) is 6.98. The Balaban J connectivity index is 2.26. The number of carbonyl (C=O) groups is 2. The van der Waals surface area contributed by atoms with E-state index in [1.807, 2.05) is 11.5 Å². The van der Waals surface area contributed by atoms with Crippen molar-refractivity contribution in [1.29, 1.82) is 0 Å². The van der Waals surface area contributed by atoms with Crippen LogP contribution in [-0.2, 0) is 16.1 Å². The van der Waals surface area contributed by atoms with E-state index in [4.69, 9.17) is 16.3 Å². The predicted octanol–water partition coefficient (Wildman–Crippen LogP) is 2.72. The zero-order valence-electron chi connectivity index (χ0n) is 12.5. The smallest absolute Gasteiger partial charge is 0.328 e. The van der Waals surface area contributed by atoms with E-state index in [9.17, 15) is 9.59 Å². The third kappa shape index (κ3) is 3.40.